The molecule has 2 heteroatoms. The van der Waals surface area contributed by atoms with Crippen molar-refractivity contribution in [3.63, 3.8) is 0 Å². The van der Waals surface area contributed by atoms with Crippen molar-refractivity contribution in [3.05, 3.63) is 0 Å². The van der Waals surface area contributed by atoms with Gasteiger partial charge in [0.05, 0.1) is 0 Å². The van der Waals surface area contributed by atoms with Crippen molar-refractivity contribution in [1.82, 2.24) is 5.32 Å². The van der Waals surface area contributed by atoms with Crippen LogP contribution in [0.15, 0.2) is 0 Å². The highest BCUT2D eigenvalue weighted by molar-refractivity contribution is 4.70. The highest BCUT2D eigenvalue weighted by atomic mass is 14.9. The molecule has 0 fully saturated rings. The summed E-state index contributed by atoms with van der Waals surface area (Å²) in [7, 11) is 0. The van der Waals surface area contributed by atoms with Gasteiger partial charge in [-0.2, -0.15) is 0 Å². The van der Waals surface area contributed by atoms with Crippen LogP contribution >= 0.6 is 0 Å². The molecular weight excluding hydrogens is 184 g/mol. The van der Waals surface area contributed by atoms with Crippen LogP contribution in [0.5, 0.6) is 0 Å². The van der Waals surface area contributed by atoms with E-state index in [1.807, 2.05) is 0 Å². The predicted octanol–water partition coefficient (Wildman–Crippen LogP) is 2.78. The minimum absolute atomic E-state index is 0.396. The second kappa shape index (κ2) is 6.49. The summed E-state index contributed by atoms with van der Waals surface area (Å²) in [6.45, 7) is 14.4. The summed E-state index contributed by atoms with van der Waals surface area (Å²) in [6, 6.07) is 0. The maximum Gasteiger partial charge on any atom is -0.0000125 e. The Kier molecular flexibility index (Phi) is 6.46. The van der Waals surface area contributed by atoms with Crippen LogP contribution in [-0.4, -0.2) is 19.6 Å². The van der Waals surface area contributed by atoms with Gasteiger partial charge < -0.3 is 11.1 Å². The first-order chi connectivity index (χ1) is 6.77. The second-order valence-corrected chi connectivity index (χ2v) is 6.54. The fourth-order valence-electron chi connectivity index (χ4n) is 1.67. The van der Waals surface area contributed by atoms with Gasteiger partial charge in [-0.1, -0.05) is 34.6 Å². The lowest BCUT2D eigenvalue weighted by Crippen LogP contribution is -2.28. The Morgan fingerprint density at radius 3 is 2.07 bits per heavy atom. The van der Waals surface area contributed by atoms with E-state index < -0.39 is 0 Å². The molecule has 0 unspecified atom stereocenters. The summed E-state index contributed by atoms with van der Waals surface area (Å²) in [5.74, 6) is 0. The molecule has 3 N–H and O–H groups in total. The molecule has 0 amide bonds. The van der Waals surface area contributed by atoms with Gasteiger partial charge in [-0.05, 0) is 49.7 Å². The van der Waals surface area contributed by atoms with E-state index >= 15 is 0 Å². The Morgan fingerprint density at radius 1 is 1.00 bits per heavy atom. The van der Waals surface area contributed by atoms with Crippen LogP contribution in [-0.2, 0) is 0 Å². The van der Waals surface area contributed by atoms with Gasteiger partial charge in [-0.3, -0.25) is 0 Å². The molecule has 0 aliphatic heterocycles. The van der Waals surface area contributed by atoms with Crippen molar-refractivity contribution in [2.75, 3.05) is 19.6 Å². The predicted molar refractivity (Wildman–Crippen MR) is 69.0 cm³/mol. The quantitative estimate of drug-likeness (QED) is 0.640. The summed E-state index contributed by atoms with van der Waals surface area (Å²) in [5.41, 5.74) is 6.40. The van der Waals surface area contributed by atoms with E-state index in [0.29, 0.717) is 10.8 Å². The number of hydrogen-bond acceptors (Lipinski definition) is 2. The van der Waals surface area contributed by atoms with Crippen molar-refractivity contribution < 1.29 is 0 Å². The fourth-order valence-corrected chi connectivity index (χ4v) is 1.67. The Morgan fingerprint density at radius 2 is 1.60 bits per heavy atom. The third kappa shape index (κ3) is 10.2. The molecule has 15 heavy (non-hydrogen) atoms. The summed E-state index contributed by atoms with van der Waals surface area (Å²) in [4.78, 5) is 0. The molecule has 0 saturated heterocycles. The van der Waals surface area contributed by atoms with Gasteiger partial charge in [-0.15, -0.1) is 0 Å². The molecule has 92 valence electrons. The van der Waals surface area contributed by atoms with E-state index in [4.69, 9.17) is 5.73 Å². The number of nitrogens with one attached hydrogen (secondary N) is 1. The lowest BCUT2D eigenvalue weighted by molar-refractivity contribution is 0.296. The summed E-state index contributed by atoms with van der Waals surface area (Å²) >= 11 is 0. The maximum atomic E-state index is 5.59. The van der Waals surface area contributed by atoms with Gasteiger partial charge in [0, 0.05) is 0 Å². The normalized spacial score (nSPS) is 13.2. The lowest BCUT2D eigenvalue weighted by Gasteiger charge is -2.24. The highest BCUT2D eigenvalue weighted by Gasteiger charge is 2.16. The van der Waals surface area contributed by atoms with E-state index in [9.17, 15) is 0 Å². The van der Waals surface area contributed by atoms with Gasteiger partial charge in [0.15, 0.2) is 0 Å². The molecule has 0 rings (SSSR count). The van der Waals surface area contributed by atoms with E-state index in [0.717, 1.165) is 26.1 Å². The molecule has 0 bridgehead atoms. The van der Waals surface area contributed by atoms with Gasteiger partial charge >= 0.3 is 0 Å². The third-order valence-corrected chi connectivity index (χ3v) is 2.68. The van der Waals surface area contributed by atoms with Crippen LogP contribution in [0.2, 0.25) is 0 Å². The van der Waals surface area contributed by atoms with Crippen molar-refractivity contribution in [3.8, 4) is 0 Å². The molecule has 0 aliphatic carbocycles. The SMILES string of the molecule is CC(C)(C)CNCCCC(C)(C)CCN. The molecule has 0 saturated carbocycles. The molecule has 0 aromatic rings. The highest BCUT2D eigenvalue weighted by Crippen LogP contribution is 2.25. The molecule has 0 radical (unpaired) electrons. The second-order valence-electron chi connectivity index (χ2n) is 6.54. The van der Waals surface area contributed by atoms with Crippen LogP contribution in [0.25, 0.3) is 0 Å². The van der Waals surface area contributed by atoms with E-state index in [-0.39, 0.29) is 0 Å². The Bertz CT molecular complexity index is 156. The van der Waals surface area contributed by atoms with Crippen LogP contribution in [0, 0.1) is 10.8 Å². The monoisotopic (exact) mass is 214 g/mol. The summed E-state index contributed by atoms with van der Waals surface area (Å²) < 4.78 is 0. The number of rotatable bonds is 7. The van der Waals surface area contributed by atoms with Gasteiger partial charge in [-0.25, -0.2) is 0 Å². The molecule has 0 aliphatic rings. The van der Waals surface area contributed by atoms with E-state index in [1.54, 1.807) is 0 Å². The largest absolute Gasteiger partial charge is 0.330 e. The fraction of sp³-hybridized carbons (Fsp3) is 1.00. The Hall–Kier alpha value is -0.0800. The van der Waals surface area contributed by atoms with Crippen LogP contribution in [0.4, 0.5) is 0 Å². The minimum atomic E-state index is 0.396. The zero-order valence-corrected chi connectivity index (χ0v) is 11.3. The average Bonchev–Trinajstić information content (AvgIpc) is 2.00. The smallest absolute Gasteiger partial charge is 0.0000125 e. The van der Waals surface area contributed by atoms with Crippen LogP contribution < -0.4 is 11.1 Å². The minimum Gasteiger partial charge on any atom is -0.330 e. The first-order valence-electron chi connectivity index (χ1n) is 6.18. The molecule has 0 aromatic carbocycles. The zero-order chi connectivity index (χ0) is 11.9. The third-order valence-electron chi connectivity index (χ3n) is 2.68. The molecule has 0 atom stereocenters. The Labute approximate surface area is 96.0 Å². The van der Waals surface area contributed by atoms with Gasteiger partial charge in [0.2, 0.25) is 0 Å². The standard InChI is InChI=1S/C13H30N2/c1-12(2,3)11-15-10-6-7-13(4,5)8-9-14/h15H,6-11,14H2,1-5H3. The molecule has 0 heterocycles. The maximum absolute atomic E-state index is 5.59. The molecule has 0 spiro atoms. The van der Waals surface area contributed by atoms with Crippen molar-refractivity contribution in [1.29, 1.82) is 0 Å². The number of hydrogen-bond donors (Lipinski definition) is 2. The molecule has 2 nitrogen and oxygen atoms in total. The first kappa shape index (κ1) is 14.9. The average molecular weight is 214 g/mol. The molecule has 0 aromatic heterocycles. The van der Waals surface area contributed by atoms with Crippen molar-refractivity contribution in [2.45, 2.75) is 53.9 Å². The van der Waals surface area contributed by atoms with E-state index in [1.165, 1.54) is 12.8 Å². The van der Waals surface area contributed by atoms with Crippen molar-refractivity contribution in [2.24, 2.45) is 16.6 Å². The van der Waals surface area contributed by atoms with Crippen LogP contribution in [0.1, 0.15) is 53.9 Å². The van der Waals surface area contributed by atoms with Crippen molar-refractivity contribution >= 4 is 0 Å². The summed E-state index contributed by atoms with van der Waals surface area (Å²) in [5, 5.41) is 3.51. The van der Waals surface area contributed by atoms with Gasteiger partial charge in [0.25, 0.3) is 0 Å². The van der Waals surface area contributed by atoms with Gasteiger partial charge in [0.1, 0.15) is 0 Å². The lowest BCUT2D eigenvalue weighted by atomic mass is 9.84. The first-order valence-corrected chi connectivity index (χ1v) is 6.18. The molecular formula is C13H30N2. The zero-order valence-electron chi connectivity index (χ0n) is 11.3. The topological polar surface area (TPSA) is 38.0 Å². The van der Waals surface area contributed by atoms with Crippen LogP contribution in [0.3, 0.4) is 0 Å². The Balaban J connectivity index is 3.46. The number of nitrogens with two attached hydrogens (primary N) is 1. The summed E-state index contributed by atoms with van der Waals surface area (Å²) in [6.07, 6.45) is 3.65. The van der Waals surface area contributed by atoms with E-state index in [2.05, 4.69) is 39.9 Å².